The number of hydrogen-bond acceptors (Lipinski definition) is 3. The summed E-state index contributed by atoms with van der Waals surface area (Å²) >= 11 is 0. The third-order valence-electron chi connectivity index (χ3n) is 5.43. The van der Waals surface area contributed by atoms with Crippen molar-refractivity contribution in [3.05, 3.63) is 145 Å². The van der Waals surface area contributed by atoms with Crippen molar-refractivity contribution in [2.75, 3.05) is 0 Å². The van der Waals surface area contributed by atoms with Crippen LogP contribution in [0.1, 0.15) is 11.1 Å². The summed E-state index contributed by atoms with van der Waals surface area (Å²) in [6.07, 6.45) is 5.89. The summed E-state index contributed by atoms with van der Waals surface area (Å²) in [5.74, 6) is 5.41. The molecule has 5 aromatic rings. The van der Waals surface area contributed by atoms with Gasteiger partial charge in [-0.05, 0) is 23.3 Å². The summed E-state index contributed by atoms with van der Waals surface area (Å²) in [5, 5.41) is 4.82. The van der Waals surface area contributed by atoms with Crippen LogP contribution in [0.3, 0.4) is 0 Å². The lowest BCUT2D eigenvalue weighted by Crippen LogP contribution is -2.19. The first-order chi connectivity index (χ1) is 17.3. The van der Waals surface area contributed by atoms with Crippen LogP contribution in [0.15, 0.2) is 133 Å². The molecule has 0 fully saturated rings. The fourth-order valence-corrected chi connectivity index (χ4v) is 3.66. The predicted octanol–water partition coefficient (Wildman–Crippen LogP) is 6.81. The fourth-order valence-electron chi connectivity index (χ4n) is 3.66. The second-order valence-electron chi connectivity index (χ2n) is 7.96. The molecule has 3 aromatic carbocycles. The third-order valence-corrected chi connectivity index (χ3v) is 5.43. The maximum absolute atomic E-state index is 6.53. The van der Waals surface area contributed by atoms with Crippen LogP contribution in [0, 0.1) is 0 Å². The van der Waals surface area contributed by atoms with Crippen LogP contribution < -0.4 is 4.65 Å². The third kappa shape index (κ3) is 5.84. The molecule has 0 aliphatic carbocycles. The van der Waals surface area contributed by atoms with E-state index in [1.54, 1.807) is 10.9 Å². The molecule has 2 heterocycles. The van der Waals surface area contributed by atoms with Gasteiger partial charge in [0, 0.05) is 17.8 Å². The van der Waals surface area contributed by atoms with Crippen LogP contribution >= 0.6 is 0 Å². The molecule has 2 aromatic heterocycles. The van der Waals surface area contributed by atoms with Crippen LogP contribution in [-0.2, 0) is 0 Å². The average molecular weight is 453 g/mol. The number of benzene rings is 3. The highest BCUT2D eigenvalue weighted by Crippen LogP contribution is 2.26. The van der Waals surface area contributed by atoms with Gasteiger partial charge in [-0.15, -0.1) is 0 Å². The van der Waals surface area contributed by atoms with E-state index in [0.717, 1.165) is 22.4 Å². The molecule has 0 unspecified atom stereocenters. The number of pyridine rings is 1. The molecule has 0 atom stereocenters. The minimum atomic E-state index is -0.321. The van der Waals surface area contributed by atoms with Crippen LogP contribution in [0.25, 0.3) is 29.2 Å². The summed E-state index contributed by atoms with van der Waals surface area (Å²) in [4.78, 5) is 4.50. The van der Waals surface area contributed by atoms with Gasteiger partial charge in [-0.2, -0.15) is 9.78 Å². The molecule has 0 saturated carbocycles. The molecule has 4 nitrogen and oxygen atoms in total. The van der Waals surface area contributed by atoms with E-state index in [9.17, 15) is 0 Å². The van der Waals surface area contributed by atoms with Crippen molar-refractivity contribution in [1.82, 2.24) is 14.8 Å². The van der Waals surface area contributed by atoms with Gasteiger partial charge in [0.15, 0.2) is 5.82 Å². The Bertz CT molecular complexity index is 1350. The molecule has 0 aliphatic heterocycles. The predicted molar refractivity (Wildman–Crippen MR) is 144 cm³/mol. The maximum Gasteiger partial charge on any atom is 0.413 e. The van der Waals surface area contributed by atoms with Crippen molar-refractivity contribution in [3.8, 4) is 23.0 Å². The number of aromatic nitrogens is 3. The SMILES string of the molecule is C(=Cc1ccccc1)B(/C=C/c1ccccc1)Oc1cc(-c2ccccc2)nn1-c1ccccn1. The van der Waals surface area contributed by atoms with Crippen molar-refractivity contribution >= 4 is 19.1 Å². The van der Waals surface area contributed by atoms with E-state index < -0.39 is 0 Å². The first-order valence-corrected chi connectivity index (χ1v) is 11.6. The van der Waals surface area contributed by atoms with Crippen molar-refractivity contribution in [2.24, 2.45) is 0 Å². The monoisotopic (exact) mass is 453 g/mol. The largest absolute Gasteiger partial charge is 0.539 e. The highest BCUT2D eigenvalue weighted by Gasteiger charge is 2.18. The topological polar surface area (TPSA) is 39.9 Å². The smallest absolute Gasteiger partial charge is 0.413 e. The lowest BCUT2D eigenvalue weighted by Gasteiger charge is -2.11. The second kappa shape index (κ2) is 11.0. The molecule has 35 heavy (non-hydrogen) atoms. The molecule has 0 saturated heterocycles. The summed E-state index contributed by atoms with van der Waals surface area (Å²) in [5.41, 5.74) is 4.06. The first-order valence-electron chi connectivity index (χ1n) is 11.6. The van der Waals surface area contributed by atoms with Gasteiger partial charge in [-0.25, -0.2) is 4.98 Å². The van der Waals surface area contributed by atoms with E-state index in [2.05, 4.69) is 41.4 Å². The zero-order valence-corrected chi connectivity index (χ0v) is 19.2. The molecule has 5 rings (SSSR count). The summed E-state index contributed by atoms with van der Waals surface area (Å²) in [7, 11) is 0. The molecule has 0 radical (unpaired) electrons. The molecule has 0 spiro atoms. The fraction of sp³-hybridized carbons (Fsp3) is 0. The van der Waals surface area contributed by atoms with E-state index in [1.165, 1.54) is 0 Å². The van der Waals surface area contributed by atoms with Crippen molar-refractivity contribution in [3.63, 3.8) is 0 Å². The molecule has 0 bridgehead atoms. The summed E-state index contributed by atoms with van der Waals surface area (Å²) < 4.78 is 8.28. The van der Waals surface area contributed by atoms with Gasteiger partial charge in [0.25, 0.3) is 0 Å². The van der Waals surface area contributed by atoms with Gasteiger partial charge < -0.3 is 4.65 Å². The Hall–Kier alpha value is -4.64. The van der Waals surface area contributed by atoms with Gasteiger partial charge >= 0.3 is 6.92 Å². The average Bonchev–Trinajstić information content (AvgIpc) is 3.36. The molecule has 0 N–H and O–H groups in total. The van der Waals surface area contributed by atoms with Crippen LogP contribution in [-0.4, -0.2) is 21.7 Å². The highest BCUT2D eigenvalue weighted by atomic mass is 16.4. The number of rotatable bonds is 8. The van der Waals surface area contributed by atoms with Gasteiger partial charge in [-0.3, -0.25) is 0 Å². The molecule has 0 aliphatic rings. The van der Waals surface area contributed by atoms with Gasteiger partial charge in [-0.1, -0.05) is 121 Å². The van der Waals surface area contributed by atoms with Crippen LogP contribution in [0.4, 0.5) is 0 Å². The van der Waals surface area contributed by atoms with E-state index in [-0.39, 0.29) is 6.92 Å². The Morgan fingerprint density at radius 2 is 1.23 bits per heavy atom. The lowest BCUT2D eigenvalue weighted by molar-refractivity contribution is 0.532. The molecule has 168 valence electrons. The Morgan fingerprint density at radius 1 is 0.657 bits per heavy atom. The van der Waals surface area contributed by atoms with Gasteiger partial charge in [0.2, 0.25) is 5.88 Å². The molecular weight excluding hydrogens is 429 g/mol. The second-order valence-corrected chi connectivity index (χ2v) is 7.96. The Kier molecular flexibility index (Phi) is 6.96. The van der Waals surface area contributed by atoms with E-state index in [0.29, 0.717) is 11.7 Å². The van der Waals surface area contributed by atoms with Crippen molar-refractivity contribution in [1.29, 1.82) is 0 Å². The number of hydrogen-bond donors (Lipinski definition) is 0. The zero-order valence-electron chi connectivity index (χ0n) is 19.2. The highest BCUT2D eigenvalue weighted by molar-refractivity contribution is 6.65. The Balaban J connectivity index is 1.51. The minimum Gasteiger partial charge on any atom is -0.539 e. The summed E-state index contributed by atoms with van der Waals surface area (Å²) in [6, 6.07) is 38.2. The van der Waals surface area contributed by atoms with Crippen LogP contribution in [0.5, 0.6) is 5.88 Å². The van der Waals surface area contributed by atoms with Crippen molar-refractivity contribution in [2.45, 2.75) is 0 Å². The standard InChI is InChI=1S/C30H24BN3O/c1-4-12-25(13-5-1)19-21-31(22-20-26-14-6-2-7-15-26)35-30-24-28(27-16-8-3-9-17-27)33-34(30)29-18-10-11-23-32-29/h1-24H/b21-19+,22-20?. The quantitative estimate of drug-likeness (QED) is 0.242. The first kappa shape index (κ1) is 22.2. The molecule has 0 amide bonds. The van der Waals surface area contributed by atoms with Crippen LogP contribution in [0.2, 0.25) is 0 Å². The Morgan fingerprint density at radius 3 is 1.80 bits per heavy atom. The minimum absolute atomic E-state index is 0.321. The van der Waals surface area contributed by atoms with E-state index in [1.807, 2.05) is 103 Å². The van der Waals surface area contributed by atoms with Gasteiger partial charge in [0.1, 0.15) is 0 Å². The molecular formula is C30H24BN3O. The van der Waals surface area contributed by atoms with E-state index in [4.69, 9.17) is 9.75 Å². The maximum atomic E-state index is 6.53. The van der Waals surface area contributed by atoms with Crippen molar-refractivity contribution < 1.29 is 4.65 Å². The number of nitrogens with zero attached hydrogens (tertiary/aromatic N) is 3. The molecule has 5 heteroatoms. The normalized spacial score (nSPS) is 11.2. The lowest BCUT2D eigenvalue weighted by atomic mass is 9.67. The Labute approximate surface area is 206 Å². The zero-order chi connectivity index (χ0) is 23.7. The van der Waals surface area contributed by atoms with E-state index >= 15 is 0 Å². The summed E-state index contributed by atoms with van der Waals surface area (Å²) in [6.45, 7) is -0.321. The van der Waals surface area contributed by atoms with Gasteiger partial charge in [0.05, 0.1) is 5.69 Å².